The van der Waals surface area contributed by atoms with Gasteiger partial charge >= 0.3 is 16.3 Å². The fourth-order valence-corrected chi connectivity index (χ4v) is 5.26. The minimum absolute atomic E-state index is 0.0862. The molecule has 1 aromatic carbocycles. The van der Waals surface area contributed by atoms with Crippen molar-refractivity contribution in [3.8, 4) is 0 Å². The van der Waals surface area contributed by atoms with Gasteiger partial charge in [0.15, 0.2) is 0 Å². The number of likely N-dealkylation sites (N-methyl/N-ethyl adjacent to an activating group) is 1. The van der Waals surface area contributed by atoms with Crippen LogP contribution in [0.5, 0.6) is 0 Å². The number of carbonyl (C=O) groups excluding carboxylic acids is 1. The zero-order valence-electron chi connectivity index (χ0n) is 21.5. The van der Waals surface area contributed by atoms with Crippen molar-refractivity contribution in [2.45, 2.75) is 70.1 Å². The monoisotopic (exact) mass is 510 g/mol. The van der Waals surface area contributed by atoms with Crippen molar-refractivity contribution in [1.29, 1.82) is 0 Å². The van der Waals surface area contributed by atoms with Gasteiger partial charge in [0, 0.05) is 26.2 Å². The first-order valence-corrected chi connectivity index (χ1v) is 13.8. The van der Waals surface area contributed by atoms with E-state index in [2.05, 4.69) is 23.3 Å². The minimum Gasteiger partial charge on any atom is -0.465 e. The zero-order chi connectivity index (χ0) is 25.7. The Morgan fingerprint density at radius 2 is 1.71 bits per heavy atom. The fourth-order valence-electron chi connectivity index (χ4n) is 4.24. The van der Waals surface area contributed by atoms with E-state index in [-0.39, 0.29) is 18.8 Å². The normalized spacial score (nSPS) is 18.7. The number of methoxy groups -OCH3 is 1. The first kappa shape index (κ1) is 29.5. The molecule has 198 valence electrons. The van der Waals surface area contributed by atoms with E-state index in [9.17, 15) is 13.2 Å². The Kier molecular flexibility index (Phi) is 12.9. The topological polar surface area (TPSA) is 85.4 Å². The lowest BCUT2D eigenvalue weighted by molar-refractivity contribution is 0.0147. The summed E-state index contributed by atoms with van der Waals surface area (Å²) in [6, 6.07) is 6.40. The molecular weight excluding hydrogens is 468 g/mol. The summed E-state index contributed by atoms with van der Waals surface area (Å²) in [6.45, 7) is 6.47. The van der Waals surface area contributed by atoms with E-state index in [1.165, 1.54) is 30.7 Å². The Balaban J connectivity index is 1.64. The summed E-state index contributed by atoms with van der Waals surface area (Å²) in [5.74, 6) is -0.438. The summed E-state index contributed by atoms with van der Waals surface area (Å²) in [4.78, 5) is 13.8. The van der Waals surface area contributed by atoms with Crippen LogP contribution in [0.3, 0.4) is 0 Å². The Labute approximate surface area is 211 Å². The number of hydrogen-bond donors (Lipinski definition) is 0. The van der Waals surface area contributed by atoms with Gasteiger partial charge in [-0.05, 0) is 69.8 Å². The average Bonchev–Trinajstić information content (AvgIpc) is 2.87. The van der Waals surface area contributed by atoms with E-state index in [0.717, 1.165) is 51.8 Å². The van der Waals surface area contributed by atoms with E-state index >= 15 is 0 Å². The van der Waals surface area contributed by atoms with Crippen molar-refractivity contribution < 1.29 is 26.9 Å². The second-order valence-corrected chi connectivity index (χ2v) is 10.9. The number of hydrogen-bond acceptors (Lipinski definition) is 7. The summed E-state index contributed by atoms with van der Waals surface area (Å²) in [7, 11) is 1.15. The summed E-state index contributed by atoms with van der Waals surface area (Å²) < 4.78 is 42.7. The molecule has 0 amide bonds. The molecule has 0 saturated heterocycles. The van der Waals surface area contributed by atoms with Gasteiger partial charge < -0.3 is 14.4 Å². The van der Waals surface area contributed by atoms with Crippen LogP contribution in [-0.4, -0.2) is 76.6 Å². The first-order chi connectivity index (χ1) is 16.8. The van der Waals surface area contributed by atoms with Crippen LogP contribution in [-0.2, 0) is 30.6 Å². The number of unbranched alkanes of at least 4 members (excludes halogenated alkanes) is 3. The lowest BCUT2D eigenvalue weighted by atomic mass is 9.93. The molecule has 0 aliphatic heterocycles. The summed E-state index contributed by atoms with van der Waals surface area (Å²) >= 11 is 0. The van der Waals surface area contributed by atoms with Crippen LogP contribution in [0, 0.1) is 0 Å². The molecule has 1 fully saturated rings. The van der Waals surface area contributed by atoms with Gasteiger partial charge in [0.25, 0.3) is 0 Å². The molecule has 1 aliphatic carbocycles. The zero-order valence-corrected chi connectivity index (χ0v) is 22.3. The first-order valence-electron chi connectivity index (χ1n) is 12.5. The van der Waals surface area contributed by atoms with Crippen LogP contribution in [0.4, 0.5) is 0 Å². The van der Waals surface area contributed by atoms with E-state index in [1.807, 2.05) is 6.08 Å². The highest BCUT2D eigenvalue weighted by molar-refractivity contribution is 7.84. The summed E-state index contributed by atoms with van der Waals surface area (Å²) in [6.07, 6.45) is 9.98. The van der Waals surface area contributed by atoms with Gasteiger partial charge in [-0.2, -0.15) is 12.7 Å². The average molecular weight is 511 g/mol. The summed E-state index contributed by atoms with van der Waals surface area (Å²) in [5, 5.41) is 0. The Morgan fingerprint density at radius 3 is 2.34 bits per heavy atom. The maximum atomic E-state index is 12.7. The molecule has 2 rings (SSSR count). The largest absolute Gasteiger partial charge is 0.465 e. The van der Waals surface area contributed by atoms with Crippen molar-refractivity contribution in [2.24, 2.45) is 0 Å². The molecule has 0 atom stereocenters. The van der Waals surface area contributed by atoms with Crippen LogP contribution < -0.4 is 0 Å². The minimum atomic E-state index is -3.85. The van der Waals surface area contributed by atoms with Crippen molar-refractivity contribution in [3.63, 3.8) is 0 Å². The fraction of sp³-hybridized carbons (Fsp3) is 0.654. The lowest BCUT2D eigenvalue weighted by Gasteiger charge is -2.33. The van der Waals surface area contributed by atoms with E-state index in [4.69, 9.17) is 8.92 Å². The highest BCUT2D eigenvalue weighted by Crippen LogP contribution is 2.27. The predicted octanol–water partition coefficient (Wildman–Crippen LogP) is 4.17. The SMILES string of the molecule is C=CCN(C)CCCCCCO[C@H]1CC[C@H](N(C)S(=O)(=O)OCc2ccc(C(=O)OC)cc2)CC1. The molecule has 0 N–H and O–H groups in total. The molecule has 1 saturated carbocycles. The van der Waals surface area contributed by atoms with Crippen molar-refractivity contribution in [2.75, 3.05) is 40.9 Å². The third-order valence-electron chi connectivity index (χ3n) is 6.49. The second-order valence-electron chi connectivity index (χ2n) is 9.19. The molecular formula is C26H42N2O6S. The van der Waals surface area contributed by atoms with Crippen LogP contribution in [0.25, 0.3) is 0 Å². The molecule has 0 bridgehead atoms. The van der Waals surface area contributed by atoms with E-state index < -0.39 is 16.3 Å². The van der Waals surface area contributed by atoms with Gasteiger partial charge in [0.1, 0.15) is 0 Å². The molecule has 0 unspecified atom stereocenters. The Hall–Kier alpha value is -1.78. The molecule has 1 aromatic rings. The van der Waals surface area contributed by atoms with Crippen LogP contribution in [0.15, 0.2) is 36.9 Å². The van der Waals surface area contributed by atoms with Crippen molar-refractivity contribution in [1.82, 2.24) is 9.21 Å². The maximum Gasteiger partial charge on any atom is 0.338 e. The number of benzene rings is 1. The molecule has 0 heterocycles. The number of nitrogens with zero attached hydrogens (tertiary/aromatic N) is 2. The second kappa shape index (κ2) is 15.4. The number of ether oxygens (including phenoxy) is 2. The number of esters is 1. The van der Waals surface area contributed by atoms with E-state index in [1.54, 1.807) is 31.3 Å². The molecule has 35 heavy (non-hydrogen) atoms. The molecule has 0 aromatic heterocycles. The third-order valence-corrected chi connectivity index (χ3v) is 7.91. The highest BCUT2D eigenvalue weighted by atomic mass is 32.2. The van der Waals surface area contributed by atoms with Crippen molar-refractivity contribution in [3.05, 3.63) is 48.0 Å². The van der Waals surface area contributed by atoms with Crippen LogP contribution in [0.1, 0.15) is 67.3 Å². The van der Waals surface area contributed by atoms with Gasteiger partial charge in [-0.3, -0.25) is 4.18 Å². The maximum absolute atomic E-state index is 12.7. The molecule has 1 aliphatic rings. The van der Waals surface area contributed by atoms with Crippen LogP contribution >= 0.6 is 0 Å². The number of carbonyl (C=O) groups is 1. The standard InChI is InChI=1S/C26H42N2O6S/c1-5-18-27(2)19-8-6-7-9-20-33-25-16-14-24(15-17-25)28(3)35(30,31)34-21-22-10-12-23(13-11-22)26(29)32-4/h5,10-13,24-25H,1,6-9,14-21H2,2-4H3/t24-,25-. The molecule has 9 heteroatoms. The molecule has 0 radical (unpaired) electrons. The predicted molar refractivity (Wildman–Crippen MR) is 137 cm³/mol. The summed E-state index contributed by atoms with van der Waals surface area (Å²) in [5.41, 5.74) is 1.07. The van der Waals surface area contributed by atoms with Gasteiger partial charge in [0.2, 0.25) is 0 Å². The van der Waals surface area contributed by atoms with E-state index in [0.29, 0.717) is 11.1 Å². The van der Waals surface area contributed by atoms with Gasteiger partial charge in [0.05, 0.1) is 25.4 Å². The van der Waals surface area contributed by atoms with Gasteiger partial charge in [-0.25, -0.2) is 4.79 Å². The smallest absolute Gasteiger partial charge is 0.338 e. The Bertz CT molecular complexity index is 866. The molecule has 0 spiro atoms. The number of rotatable bonds is 16. The Morgan fingerprint density at radius 1 is 1.06 bits per heavy atom. The quantitative estimate of drug-likeness (QED) is 0.187. The third kappa shape index (κ3) is 10.4. The van der Waals surface area contributed by atoms with Crippen LogP contribution in [0.2, 0.25) is 0 Å². The van der Waals surface area contributed by atoms with Gasteiger partial charge in [-0.1, -0.05) is 31.1 Å². The molecule has 8 nitrogen and oxygen atoms in total. The van der Waals surface area contributed by atoms with Gasteiger partial charge in [-0.15, -0.1) is 6.58 Å². The highest BCUT2D eigenvalue weighted by Gasteiger charge is 2.31. The lowest BCUT2D eigenvalue weighted by Crippen LogP contribution is -2.41. The van der Waals surface area contributed by atoms with Crippen molar-refractivity contribution >= 4 is 16.3 Å².